The first kappa shape index (κ1) is 13.9. The first-order valence-electron chi connectivity index (χ1n) is 6.08. The SMILES string of the molecule is NC(=O)C1COCCN1Cc1ccccc1C(N)=S. The Bertz CT molecular complexity index is 493. The number of ether oxygens (including phenoxy) is 1. The van der Waals surface area contributed by atoms with Crippen molar-refractivity contribution >= 4 is 23.1 Å². The lowest BCUT2D eigenvalue weighted by Crippen LogP contribution is -2.52. The van der Waals surface area contributed by atoms with Crippen LogP contribution in [0.2, 0.25) is 0 Å². The van der Waals surface area contributed by atoms with Gasteiger partial charge >= 0.3 is 0 Å². The zero-order valence-corrected chi connectivity index (χ0v) is 11.4. The smallest absolute Gasteiger partial charge is 0.237 e. The van der Waals surface area contributed by atoms with Crippen molar-refractivity contribution in [3.05, 3.63) is 35.4 Å². The minimum atomic E-state index is -0.395. The van der Waals surface area contributed by atoms with E-state index in [2.05, 4.69) is 0 Å². The molecular weight excluding hydrogens is 262 g/mol. The van der Waals surface area contributed by atoms with E-state index in [1.807, 2.05) is 29.2 Å². The number of primary amides is 1. The van der Waals surface area contributed by atoms with Gasteiger partial charge in [-0.15, -0.1) is 0 Å². The van der Waals surface area contributed by atoms with Crippen LogP contribution in [0.25, 0.3) is 0 Å². The second-order valence-electron chi connectivity index (χ2n) is 4.48. The van der Waals surface area contributed by atoms with Gasteiger partial charge in [-0.05, 0) is 5.56 Å². The van der Waals surface area contributed by atoms with Gasteiger partial charge in [-0.3, -0.25) is 9.69 Å². The van der Waals surface area contributed by atoms with Crippen molar-refractivity contribution in [2.24, 2.45) is 11.5 Å². The highest BCUT2D eigenvalue weighted by Gasteiger charge is 2.28. The number of thiocarbonyl (C=S) groups is 1. The molecule has 1 aromatic carbocycles. The molecule has 19 heavy (non-hydrogen) atoms. The summed E-state index contributed by atoms with van der Waals surface area (Å²) in [5.41, 5.74) is 13.0. The summed E-state index contributed by atoms with van der Waals surface area (Å²) in [6, 6.07) is 7.27. The molecule has 1 aromatic rings. The molecule has 1 aliphatic heterocycles. The Morgan fingerprint density at radius 2 is 2.16 bits per heavy atom. The van der Waals surface area contributed by atoms with E-state index in [4.69, 9.17) is 28.4 Å². The number of hydrogen-bond donors (Lipinski definition) is 2. The molecule has 0 saturated carbocycles. The van der Waals surface area contributed by atoms with Crippen LogP contribution in [0, 0.1) is 0 Å². The molecule has 0 spiro atoms. The van der Waals surface area contributed by atoms with E-state index < -0.39 is 6.04 Å². The predicted octanol–water partition coefficient (Wildman–Crippen LogP) is 0.00690. The molecule has 0 aromatic heterocycles. The molecule has 102 valence electrons. The minimum absolute atomic E-state index is 0.338. The monoisotopic (exact) mass is 279 g/mol. The van der Waals surface area contributed by atoms with Crippen molar-refractivity contribution in [2.45, 2.75) is 12.6 Å². The van der Waals surface area contributed by atoms with Gasteiger partial charge in [-0.25, -0.2) is 0 Å². The number of carbonyl (C=O) groups excluding carboxylic acids is 1. The van der Waals surface area contributed by atoms with E-state index in [1.54, 1.807) is 0 Å². The summed E-state index contributed by atoms with van der Waals surface area (Å²) in [5.74, 6) is -0.368. The summed E-state index contributed by atoms with van der Waals surface area (Å²) >= 11 is 5.04. The average molecular weight is 279 g/mol. The molecule has 0 aliphatic carbocycles. The number of hydrogen-bond acceptors (Lipinski definition) is 4. The van der Waals surface area contributed by atoms with Crippen LogP contribution in [0.4, 0.5) is 0 Å². The van der Waals surface area contributed by atoms with Crippen LogP contribution in [0.5, 0.6) is 0 Å². The van der Waals surface area contributed by atoms with Gasteiger partial charge in [0.1, 0.15) is 11.0 Å². The van der Waals surface area contributed by atoms with Crippen LogP contribution in [0.3, 0.4) is 0 Å². The molecule has 5 nitrogen and oxygen atoms in total. The highest BCUT2D eigenvalue weighted by atomic mass is 32.1. The van der Waals surface area contributed by atoms with Crippen LogP contribution >= 0.6 is 12.2 Å². The van der Waals surface area contributed by atoms with Gasteiger partial charge in [-0.2, -0.15) is 0 Å². The van der Waals surface area contributed by atoms with Crippen molar-refractivity contribution in [2.75, 3.05) is 19.8 Å². The van der Waals surface area contributed by atoms with Crippen LogP contribution in [0.15, 0.2) is 24.3 Å². The third-order valence-corrected chi connectivity index (χ3v) is 3.44. The van der Waals surface area contributed by atoms with E-state index >= 15 is 0 Å². The van der Waals surface area contributed by atoms with E-state index in [0.717, 1.165) is 11.1 Å². The van der Waals surface area contributed by atoms with Gasteiger partial charge in [0.25, 0.3) is 0 Å². The molecule has 1 atom stereocenters. The topological polar surface area (TPSA) is 81.6 Å². The van der Waals surface area contributed by atoms with E-state index in [1.165, 1.54) is 0 Å². The molecule has 1 heterocycles. The van der Waals surface area contributed by atoms with Crippen LogP contribution < -0.4 is 11.5 Å². The number of nitrogens with two attached hydrogens (primary N) is 2. The Kier molecular flexibility index (Phi) is 4.47. The third kappa shape index (κ3) is 3.28. The van der Waals surface area contributed by atoms with Crippen LogP contribution in [0.1, 0.15) is 11.1 Å². The average Bonchev–Trinajstić information content (AvgIpc) is 2.39. The molecule has 1 aliphatic rings. The van der Waals surface area contributed by atoms with E-state index in [0.29, 0.717) is 31.3 Å². The molecule has 1 fully saturated rings. The normalized spacial score (nSPS) is 20.1. The number of rotatable bonds is 4. The predicted molar refractivity (Wildman–Crippen MR) is 76.5 cm³/mol. The Hall–Kier alpha value is -1.50. The Morgan fingerprint density at radius 3 is 2.84 bits per heavy atom. The first-order valence-corrected chi connectivity index (χ1v) is 6.49. The van der Waals surface area contributed by atoms with E-state index in [-0.39, 0.29) is 5.91 Å². The van der Waals surface area contributed by atoms with Gasteiger partial charge in [0.05, 0.1) is 13.2 Å². The summed E-state index contributed by atoms with van der Waals surface area (Å²) in [6.07, 6.45) is 0. The Labute approximate surface area is 117 Å². The fourth-order valence-electron chi connectivity index (χ4n) is 2.21. The summed E-state index contributed by atoms with van der Waals surface area (Å²) in [4.78, 5) is 13.8. The van der Waals surface area contributed by atoms with Crippen LogP contribution in [-0.4, -0.2) is 41.6 Å². The maximum absolute atomic E-state index is 11.4. The third-order valence-electron chi connectivity index (χ3n) is 3.22. The minimum Gasteiger partial charge on any atom is -0.389 e. The maximum atomic E-state index is 11.4. The lowest BCUT2D eigenvalue weighted by Gasteiger charge is -2.33. The molecule has 4 N–H and O–H groups in total. The molecule has 1 unspecified atom stereocenters. The van der Waals surface area contributed by atoms with Gasteiger partial charge in [-0.1, -0.05) is 36.5 Å². The molecule has 6 heteroatoms. The summed E-state index contributed by atoms with van der Waals surface area (Å²) in [7, 11) is 0. The summed E-state index contributed by atoms with van der Waals surface area (Å²) in [5, 5.41) is 0. The lowest BCUT2D eigenvalue weighted by atomic mass is 10.1. The van der Waals surface area contributed by atoms with Gasteiger partial charge < -0.3 is 16.2 Å². The highest BCUT2D eigenvalue weighted by Crippen LogP contribution is 2.16. The molecule has 1 saturated heterocycles. The molecular formula is C13H17N3O2S. The van der Waals surface area contributed by atoms with Crippen molar-refractivity contribution in [1.29, 1.82) is 0 Å². The molecule has 2 rings (SSSR count). The number of amides is 1. The lowest BCUT2D eigenvalue weighted by molar-refractivity contribution is -0.129. The highest BCUT2D eigenvalue weighted by molar-refractivity contribution is 7.80. The quantitative estimate of drug-likeness (QED) is 0.759. The molecule has 0 radical (unpaired) electrons. The summed E-state index contributed by atoms with van der Waals surface area (Å²) in [6.45, 7) is 2.19. The van der Waals surface area contributed by atoms with Crippen molar-refractivity contribution < 1.29 is 9.53 Å². The summed E-state index contributed by atoms with van der Waals surface area (Å²) < 4.78 is 5.30. The number of nitrogens with zero attached hydrogens (tertiary/aromatic N) is 1. The van der Waals surface area contributed by atoms with Crippen molar-refractivity contribution in [3.63, 3.8) is 0 Å². The molecule has 1 amide bonds. The van der Waals surface area contributed by atoms with Gasteiger partial charge in [0, 0.05) is 18.7 Å². The van der Waals surface area contributed by atoms with Gasteiger partial charge in [0.2, 0.25) is 5.91 Å². The maximum Gasteiger partial charge on any atom is 0.237 e. The largest absolute Gasteiger partial charge is 0.389 e. The van der Waals surface area contributed by atoms with Crippen LogP contribution in [-0.2, 0) is 16.1 Å². The second kappa shape index (κ2) is 6.10. The zero-order valence-electron chi connectivity index (χ0n) is 10.5. The Morgan fingerprint density at radius 1 is 1.42 bits per heavy atom. The zero-order chi connectivity index (χ0) is 13.8. The number of morpholine rings is 1. The fraction of sp³-hybridized carbons (Fsp3) is 0.385. The van der Waals surface area contributed by atoms with Gasteiger partial charge in [0.15, 0.2) is 0 Å². The molecule has 0 bridgehead atoms. The standard InChI is InChI=1S/C13H17N3O2S/c14-12(17)11-8-18-6-5-16(11)7-9-3-1-2-4-10(9)13(15)19/h1-4,11H,5-8H2,(H2,14,17)(H2,15,19). The number of benzene rings is 1. The number of carbonyl (C=O) groups is 1. The second-order valence-corrected chi connectivity index (χ2v) is 4.92. The van der Waals surface area contributed by atoms with Crippen molar-refractivity contribution in [3.8, 4) is 0 Å². The van der Waals surface area contributed by atoms with Crippen molar-refractivity contribution in [1.82, 2.24) is 4.90 Å². The Balaban J connectivity index is 2.19. The van der Waals surface area contributed by atoms with E-state index in [9.17, 15) is 4.79 Å². The first-order chi connectivity index (χ1) is 9.09. The fourth-order valence-corrected chi connectivity index (χ4v) is 2.41.